The van der Waals surface area contributed by atoms with Gasteiger partial charge in [-0.05, 0) is 95.5 Å². The maximum atomic E-state index is 12.8. The van der Waals surface area contributed by atoms with Gasteiger partial charge in [0.15, 0.2) is 0 Å². The van der Waals surface area contributed by atoms with E-state index in [-0.39, 0.29) is 36.6 Å². The lowest BCUT2D eigenvalue weighted by atomic mass is 9.78. The minimum Gasteiger partial charge on any atom is -0.426 e. The van der Waals surface area contributed by atoms with E-state index in [9.17, 15) is 9.59 Å². The number of ether oxygens (including phenoxy) is 2. The van der Waals surface area contributed by atoms with Crippen molar-refractivity contribution in [1.29, 1.82) is 0 Å². The lowest BCUT2D eigenvalue weighted by molar-refractivity contribution is -0.134. The molecule has 0 saturated heterocycles. The lowest BCUT2D eigenvalue weighted by Gasteiger charge is -2.26. The van der Waals surface area contributed by atoms with E-state index in [1.807, 2.05) is 97.1 Å². The number of nitrogens with zero attached hydrogens (tertiary/aromatic N) is 2. The first-order chi connectivity index (χ1) is 25.3. The van der Waals surface area contributed by atoms with Crippen molar-refractivity contribution >= 4 is 69.7 Å². The molecular formula is C42H48Cl4N2O4. The van der Waals surface area contributed by atoms with Crippen LogP contribution in [-0.2, 0) is 22.4 Å². The van der Waals surface area contributed by atoms with Gasteiger partial charge < -0.3 is 19.3 Å². The van der Waals surface area contributed by atoms with Crippen LogP contribution in [0.1, 0.15) is 60.8 Å². The van der Waals surface area contributed by atoms with E-state index < -0.39 is 0 Å². The molecule has 52 heavy (non-hydrogen) atoms. The summed E-state index contributed by atoms with van der Waals surface area (Å²) in [6, 6.07) is 31.3. The van der Waals surface area contributed by atoms with Crippen LogP contribution in [-0.4, -0.2) is 61.6 Å². The summed E-state index contributed by atoms with van der Waals surface area (Å²) in [6.45, 7) is 7.19. The molecule has 0 fully saturated rings. The van der Waals surface area contributed by atoms with Crippen molar-refractivity contribution in [3.63, 3.8) is 0 Å². The molecule has 0 bridgehead atoms. The Morgan fingerprint density at radius 1 is 0.500 bits per heavy atom. The van der Waals surface area contributed by atoms with Crippen LogP contribution in [0.4, 0.5) is 11.4 Å². The van der Waals surface area contributed by atoms with Crippen LogP contribution in [0.5, 0.6) is 11.5 Å². The Labute approximate surface area is 328 Å². The lowest BCUT2D eigenvalue weighted by Crippen LogP contribution is -2.27. The van der Waals surface area contributed by atoms with E-state index >= 15 is 0 Å². The molecule has 0 N–H and O–H groups in total. The maximum absolute atomic E-state index is 12.8. The van der Waals surface area contributed by atoms with E-state index in [0.29, 0.717) is 61.2 Å². The van der Waals surface area contributed by atoms with Gasteiger partial charge in [0.25, 0.3) is 0 Å². The first kappa shape index (κ1) is 41.3. The third kappa shape index (κ3) is 12.3. The topological polar surface area (TPSA) is 59.1 Å². The van der Waals surface area contributed by atoms with E-state index in [1.54, 1.807) is 0 Å². The van der Waals surface area contributed by atoms with Crippen LogP contribution >= 0.6 is 46.4 Å². The van der Waals surface area contributed by atoms with Gasteiger partial charge in [-0.2, -0.15) is 0 Å². The maximum Gasteiger partial charge on any atom is 0.315 e. The zero-order valence-electron chi connectivity index (χ0n) is 29.9. The number of halogens is 4. The van der Waals surface area contributed by atoms with Crippen molar-refractivity contribution in [2.75, 3.05) is 59.5 Å². The van der Waals surface area contributed by atoms with Gasteiger partial charge in [-0.15, -0.1) is 46.4 Å². The molecule has 278 valence electrons. The van der Waals surface area contributed by atoms with Gasteiger partial charge in [0, 0.05) is 61.1 Å². The molecule has 2 atom stereocenters. The third-order valence-corrected chi connectivity index (χ3v) is 9.84. The average molecular weight is 787 g/mol. The summed E-state index contributed by atoms with van der Waals surface area (Å²) in [5.41, 5.74) is 6.15. The average Bonchev–Trinajstić information content (AvgIpc) is 3.15. The number of alkyl halides is 4. The van der Waals surface area contributed by atoms with Crippen molar-refractivity contribution in [3.05, 3.63) is 119 Å². The largest absolute Gasteiger partial charge is 0.426 e. The zero-order valence-corrected chi connectivity index (χ0v) is 32.9. The van der Waals surface area contributed by atoms with Gasteiger partial charge in [0.05, 0.1) is 12.8 Å². The van der Waals surface area contributed by atoms with Crippen molar-refractivity contribution < 1.29 is 19.1 Å². The van der Waals surface area contributed by atoms with Crippen molar-refractivity contribution in [1.82, 2.24) is 0 Å². The molecule has 0 heterocycles. The summed E-state index contributed by atoms with van der Waals surface area (Å²) < 4.78 is 11.4. The molecule has 10 heteroatoms. The highest BCUT2D eigenvalue weighted by Crippen LogP contribution is 2.39. The molecule has 0 aliphatic rings. The SMILES string of the molecule is CC[C@H](c1ccc(OC(=O)Cc2ccc(N(CCCl)CCCl)cc2)cc1)[C@H](CC)c1ccc(OC(=O)Cc2ccc(N(CCCl)CCCl)cc2)cc1. The normalized spacial score (nSPS) is 12.2. The predicted molar refractivity (Wildman–Crippen MR) is 218 cm³/mol. The van der Waals surface area contributed by atoms with Crippen LogP contribution in [0, 0.1) is 0 Å². The highest BCUT2D eigenvalue weighted by molar-refractivity contribution is 6.19. The van der Waals surface area contributed by atoms with Gasteiger partial charge in [0.2, 0.25) is 0 Å². The Morgan fingerprint density at radius 3 is 1.08 bits per heavy atom. The van der Waals surface area contributed by atoms with Crippen LogP contribution in [0.25, 0.3) is 0 Å². The third-order valence-electron chi connectivity index (χ3n) is 9.16. The van der Waals surface area contributed by atoms with Gasteiger partial charge >= 0.3 is 11.9 Å². The second-order valence-corrected chi connectivity index (χ2v) is 14.0. The fourth-order valence-corrected chi connectivity index (χ4v) is 7.35. The number of anilines is 2. The highest BCUT2D eigenvalue weighted by Gasteiger charge is 2.23. The quantitative estimate of drug-likeness (QED) is 0.0476. The van der Waals surface area contributed by atoms with Crippen molar-refractivity contribution in [2.24, 2.45) is 0 Å². The van der Waals surface area contributed by atoms with Gasteiger partial charge in [0.1, 0.15) is 11.5 Å². The Morgan fingerprint density at radius 2 is 0.808 bits per heavy atom. The summed E-state index contributed by atoms with van der Waals surface area (Å²) in [4.78, 5) is 29.8. The molecule has 0 radical (unpaired) electrons. The fraction of sp³-hybridized carbons (Fsp3) is 0.381. The first-order valence-electron chi connectivity index (χ1n) is 17.8. The van der Waals surface area contributed by atoms with E-state index in [1.165, 1.54) is 11.1 Å². The molecule has 0 aromatic heterocycles. The van der Waals surface area contributed by atoms with Gasteiger partial charge in [-0.3, -0.25) is 9.59 Å². The summed E-state index contributed by atoms with van der Waals surface area (Å²) in [5.74, 6) is 2.96. The summed E-state index contributed by atoms with van der Waals surface area (Å²) in [6.07, 6.45) is 2.22. The smallest absolute Gasteiger partial charge is 0.315 e. The molecule has 4 aromatic carbocycles. The summed E-state index contributed by atoms with van der Waals surface area (Å²) in [7, 11) is 0. The monoisotopic (exact) mass is 784 g/mol. The fourth-order valence-electron chi connectivity index (χ4n) is 6.54. The van der Waals surface area contributed by atoms with E-state index in [2.05, 4.69) is 23.6 Å². The molecule has 0 amide bonds. The molecule has 4 aromatic rings. The predicted octanol–water partition coefficient (Wildman–Crippen LogP) is 10.2. The second kappa shape index (κ2) is 21.9. The van der Waals surface area contributed by atoms with Crippen LogP contribution in [0.15, 0.2) is 97.1 Å². The number of hydrogen-bond donors (Lipinski definition) is 0. The Bertz CT molecular complexity index is 1510. The number of hydrogen-bond acceptors (Lipinski definition) is 6. The molecule has 0 spiro atoms. The number of benzene rings is 4. The van der Waals surface area contributed by atoms with Gasteiger partial charge in [-0.25, -0.2) is 0 Å². The highest BCUT2D eigenvalue weighted by atomic mass is 35.5. The minimum atomic E-state index is -0.316. The Kier molecular flexibility index (Phi) is 17.4. The Balaban J connectivity index is 1.31. The summed E-state index contributed by atoms with van der Waals surface area (Å²) >= 11 is 23.8. The zero-order chi connectivity index (χ0) is 37.3. The number of rotatable bonds is 21. The molecule has 0 unspecified atom stereocenters. The van der Waals surface area contributed by atoms with E-state index in [0.717, 1.165) is 35.3 Å². The molecular weight excluding hydrogens is 738 g/mol. The molecule has 0 aliphatic heterocycles. The Hall–Kier alpha value is -3.42. The number of carbonyl (C=O) groups is 2. The molecule has 0 saturated carbocycles. The molecule has 4 rings (SSSR count). The van der Waals surface area contributed by atoms with Crippen LogP contribution in [0.3, 0.4) is 0 Å². The minimum absolute atomic E-state index is 0.171. The number of carbonyl (C=O) groups excluding carboxylic acids is 2. The van der Waals surface area contributed by atoms with Crippen LogP contribution < -0.4 is 19.3 Å². The van der Waals surface area contributed by atoms with E-state index in [4.69, 9.17) is 55.9 Å². The van der Waals surface area contributed by atoms with Crippen molar-refractivity contribution in [3.8, 4) is 11.5 Å². The van der Waals surface area contributed by atoms with Crippen LogP contribution in [0.2, 0.25) is 0 Å². The summed E-state index contributed by atoms with van der Waals surface area (Å²) in [5, 5.41) is 0. The number of esters is 2. The second-order valence-electron chi connectivity index (χ2n) is 12.5. The molecule has 0 aliphatic carbocycles. The van der Waals surface area contributed by atoms with Gasteiger partial charge in [-0.1, -0.05) is 62.4 Å². The molecule has 6 nitrogen and oxygen atoms in total. The van der Waals surface area contributed by atoms with Crippen molar-refractivity contribution in [2.45, 2.75) is 51.4 Å². The first-order valence-corrected chi connectivity index (χ1v) is 20.0. The standard InChI is InChI=1S/C42H48Cl4N2O4/c1-3-39(33-9-17-37(18-10-33)51-41(49)29-31-5-13-35(14-6-31)47(25-21-43)26-22-44)40(4-2)34-11-19-38(20-12-34)52-42(50)30-32-7-15-36(16-8-32)48(27-23-45)28-24-46/h5-20,39-40H,3-4,21-30H2,1-2H3/t39-,40-/m1/s1.